The van der Waals surface area contributed by atoms with Gasteiger partial charge in [0, 0.05) is 16.6 Å². The van der Waals surface area contributed by atoms with Crippen LogP contribution in [0.1, 0.15) is 38.8 Å². The number of rotatable bonds is 3. The summed E-state index contributed by atoms with van der Waals surface area (Å²) in [6.45, 7) is 0. The van der Waals surface area contributed by atoms with Crippen LogP contribution >= 0.6 is 22.9 Å². The van der Waals surface area contributed by atoms with Crippen LogP contribution in [0.2, 0.25) is 5.22 Å². The Balaban J connectivity index is 1.76. The average molecular weight is 424 g/mol. The predicted octanol–water partition coefficient (Wildman–Crippen LogP) is 5.16. The molecule has 0 saturated heterocycles. The molecule has 1 atom stereocenters. The topological polar surface area (TPSA) is 95.1 Å². The Hall–Kier alpha value is -2.83. The van der Waals surface area contributed by atoms with Gasteiger partial charge in [-0.1, -0.05) is 30.3 Å². The lowest BCUT2D eigenvalue weighted by molar-refractivity contribution is 0.100. The third kappa shape index (κ3) is 2.99. The molecule has 0 spiro atoms. The second-order valence-corrected chi connectivity index (χ2v) is 8.63. The number of hydrogen-bond acceptors (Lipinski definition) is 5. The normalized spacial score (nSPS) is 16.1. The summed E-state index contributed by atoms with van der Waals surface area (Å²) in [5.74, 6) is 0.463. The number of anilines is 1. The summed E-state index contributed by atoms with van der Waals surface area (Å²) in [5, 5.41) is 1.03. The first-order valence-corrected chi connectivity index (χ1v) is 10.6. The van der Waals surface area contributed by atoms with E-state index in [-0.39, 0.29) is 0 Å². The van der Waals surface area contributed by atoms with E-state index in [4.69, 9.17) is 32.5 Å². The maximum atomic E-state index is 11.9. The van der Waals surface area contributed by atoms with E-state index >= 15 is 0 Å². The molecule has 5 nitrogen and oxygen atoms in total. The van der Waals surface area contributed by atoms with Crippen LogP contribution in [0.4, 0.5) is 5.69 Å². The molecular weight excluding hydrogens is 406 g/mol. The highest BCUT2D eigenvalue weighted by molar-refractivity contribution is 7.21. The summed E-state index contributed by atoms with van der Waals surface area (Å²) in [6, 6.07) is 14.0. The Morgan fingerprint density at radius 2 is 2.00 bits per heavy atom. The van der Waals surface area contributed by atoms with Gasteiger partial charge in [0.2, 0.25) is 0 Å². The second-order valence-electron chi connectivity index (χ2n) is 7.26. The molecule has 1 aromatic carbocycles. The zero-order valence-electron chi connectivity index (χ0n) is 15.4. The third-order valence-corrected chi connectivity index (χ3v) is 6.87. The van der Waals surface area contributed by atoms with Gasteiger partial charge in [-0.05, 0) is 60.0 Å². The second kappa shape index (κ2) is 6.90. The molecule has 1 unspecified atom stereocenters. The first kappa shape index (κ1) is 18.2. The van der Waals surface area contributed by atoms with Crippen LogP contribution in [0, 0.1) is 0 Å². The smallest absolute Gasteiger partial charge is 0.260 e. The van der Waals surface area contributed by atoms with E-state index in [1.165, 1.54) is 16.9 Å². The van der Waals surface area contributed by atoms with Crippen molar-refractivity contribution < 1.29 is 9.21 Å². The van der Waals surface area contributed by atoms with Crippen molar-refractivity contribution in [3.05, 3.63) is 69.4 Å². The fourth-order valence-corrected chi connectivity index (χ4v) is 5.36. The van der Waals surface area contributed by atoms with E-state index < -0.39 is 5.91 Å². The molecule has 4 aromatic rings. The lowest BCUT2D eigenvalue weighted by Gasteiger charge is -2.26. The standard InChI is InChI=1S/C22H18ClN3O2S/c23-16-9-8-15(28-16)17-13-10-12(11-4-2-1-3-5-11)6-7-14(13)26-22-18(17)19(24)20(29-22)21(25)27/h1-5,8-9,12H,6-7,10,24H2,(H2,25,27). The van der Waals surface area contributed by atoms with Gasteiger partial charge in [0.15, 0.2) is 5.22 Å². The molecule has 1 amide bonds. The first-order chi connectivity index (χ1) is 14.0. The number of pyridine rings is 1. The maximum Gasteiger partial charge on any atom is 0.260 e. The summed E-state index contributed by atoms with van der Waals surface area (Å²) >= 11 is 7.31. The number of nitrogen functional groups attached to an aromatic ring is 1. The molecule has 7 heteroatoms. The van der Waals surface area contributed by atoms with E-state index in [1.54, 1.807) is 6.07 Å². The number of primary amides is 1. The van der Waals surface area contributed by atoms with Crippen LogP contribution in [-0.2, 0) is 12.8 Å². The Labute approximate surface area is 176 Å². The number of carbonyl (C=O) groups excluding carboxylic acids is 1. The van der Waals surface area contributed by atoms with Gasteiger partial charge in [-0.3, -0.25) is 4.79 Å². The van der Waals surface area contributed by atoms with Crippen molar-refractivity contribution in [2.45, 2.75) is 25.2 Å². The molecule has 0 radical (unpaired) electrons. The Kier molecular flexibility index (Phi) is 4.33. The van der Waals surface area contributed by atoms with Crippen molar-refractivity contribution in [3.63, 3.8) is 0 Å². The third-order valence-electron chi connectivity index (χ3n) is 5.56. The van der Waals surface area contributed by atoms with Crippen LogP contribution in [0.5, 0.6) is 0 Å². The van der Waals surface area contributed by atoms with Crippen LogP contribution in [0.15, 0.2) is 46.9 Å². The Bertz CT molecular complexity index is 1250. The zero-order chi connectivity index (χ0) is 20.1. The van der Waals surface area contributed by atoms with Crippen LogP contribution in [0.25, 0.3) is 21.5 Å². The maximum absolute atomic E-state index is 11.9. The van der Waals surface area contributed by atoms with Gasteiger partial charge >= 0.3 is 0 Å². The molecule has 4 N–H and O–H groups in total. The van der Waals surface area contributed by atoms with Gasteiger partial charge in [-0.25, -0.2) is 4.98 Å². The molecule has 1 aliphatic rings. The number of benzene rings is 1. The minimum absolute atomic E-state index is 0.304. The highest BCUT2D eigenvalue weighted by atomic mass is 35.5. The van der Waals surface area contributed by atoms with E-state index in [9.17, 15) is 4.79 Å². The molecule has 0 fully saturated rings. The number of aromatic nitrogens is 1. The van der Waals surface area contributed by atoms with Gasteiger partial charge in [-0.15, -0.1) is 11.3 Å². The van der Waals surface area contributed by atoms with Crippen molar-refractivity contribution >= 4 is 44.7 Å². The van der Waals surface area contributed by atoms with Crippen LogP contribution < -0.4 is 11.5 Å². The molecule has 0 bridgehead atoms. The minimum atomic E-state index is -0.547. The van der Waals surface area contributed by atoms with Gasteiger partial charge in [-0.2, -0.15) is 0 Å². The molecule has 29 heavy (non-hydrogen) atoms. The Morgan fingerprint density at radius 3 is 2.69 bits per heavy atom. The molecular formula is C22H18ClN3O2S. The van der Waals surface area contributed by atoms with Crippen molar-refractivity contribution in [3.8, 4) is 11.3 Å². The summed E-state index contributed by atoms with van der Waals surface area (Å²) in [5.41, 5.74) is 16.6. The zero-order valence-corrected chi connectivity index (χ0v) is 17.0. The Morgan fingerprint density at radius 1 is 1.21 bits per heavy atom. The van der Waals surface area contributed by atoms with Crippen molar-refractivity contribution in [1.29, 1.82) is 0 Å². The summed E-state index contributed by atoms with van der Waals surface area (Å²) in [6.07, 6.45) is 2.67. The van der Waals surface area contributed by atoms with E-state index in [0.29, 0.717) is 32.3 Å². The number of thiophene rings is 1. The summed E-state index contributed by atoms with van der Waals surface area (Å²) < 4.78 is 5.78. The molecule has 3 aromatic heterocycles. The van der Waals surface area contributed by atoms with Crippen molar-refractivity contribution in [1.82, 2.24) is 4.98 Å². The van der Waals surface area contributed by atoms with E-state index in [0.717, 1.165) is 41.5 Å². The number of furan rings is 1. The van der Waals surface area contributed by atoms with Crippen molar-refractivity contribution in [2.24, 2.45) is 5.73 Å². The highest BCUT2D eigenvalue weighted by Crippen LogP contribution is 2.46. The largest absolute Gasteiger partial charge is 0.445 e. The monoisotopic (exact) mass is 423 g/mol. The number of aryl methyl sites for hydroxylation is 1. The minimum Gasteiger partial charge on any atom is -0.445 e. The van der Waals surface area contributed by atoms with Gasteiger partial charge in [0.05, 0.1) is 5.69 Å². The van der Waals surface area contributed by atoms with Gasteiger partial charge < -0.3 is 15.9 Å². The molecule has 5 rings (SSSR count). The summed E-state index contributed by atoms with van der Waals surface area (Å²) in [7, 11) is 0. The number of nitrogens with zero attached hydrogens (tertiary/aromatic N) is 1. The fourth-order valence-electron chi connectivity index (χ4n) is 4.24. The number of nitrogens with two attached hydrogens (primary N) is 2. The highest BCUT2D eigenvalue weighted by Gasteiger charge is 2.29. The van der Waals surface area contributed by atoms with E-state index in [2.05, 4.69) is 24.3 Å². The number of amides is 1. The molecule has 0 aliphatic heterocycles. The average Bonchev–Trinajstić information content (AvgIpc) is 3.30. The number of carbonyl (C=O) groups is 1. The number of fused-ring (bicyclic) bond motifs is 2. The first-order valence-electron chi connectivity index (χ1n) is 9.37. The van der Waals surface area contributed by atoms with Crippen LogP contribution in [-0.4, -0.2) is 10.9 Å². The lowest BCUT2D eigenvalue weighted by Crippen LogP contribution is -2.15. The molecule has 146 valence electrons. The number of halogens is 1. The van der Waals surface area contributed by atoms with Crippen LogP contribution in [0.3, 0.4) is 0 Å². The fraction of sp³-hybridized carbons (Fsp3) is 0.182. The van der Waals surface area contributed by atoms with Gasteiger partial charge in [0.1, 0.15) is 15.5 Å². The summed E-state index contributed by atoms with van der Waals surface area (Å²) in [4.78, 5) is 17.8. The van der Waals surface area contributed by atoms with E-state index in [1.807, 2.05) is 12.1 Å². The molecule has 0 saturated carbocycles. The SMILES string of the molecule is NC(=O)c1sc2nc3c(c(-c4ccc(Cl)o4)c2c1N)CC(c1ccccc1)CC3. The predicted molar refractivity (Wildman–Crippen MR) is 116 cm³/mol. The van der Waals surface area contributed by atoms with Crippen molar-refractivity contribution in [2.75, 3.05) is 5.73 Å². The number of hydrogen-bond donors (Lipinski definition) is 2. The quantitative estimate of drug-likeness (QED) is 0.475. The molecule has 3 heterocycles. The lowest BCUT2D eigenvalue weighted by atomic mass is 9.79. The van der Waals surface area contributed by atoms with Gasteiger partial charge in [0.25, 0.3) is 5.91 Å². The molecule has 1 aliphatic carbocycles.